The van der Waals surface area contributed by atoms with Gasteiger partial charge in [-0.3, -0.25) is 19.3 Å². The number of fused-ring (bicyclic) bond motifs is 2. The fourth-order valence-corrected chi connectivity index (χ4v) is 5.18. The zero-order valence-corrected chi connectivity index (χ0v) is 24.0. The van der Waals surface area contributed by atoms with E-state index in [4.69, 9.17) is 18.9 Å². The van der Waals surface area contributed by atoms with Gasteiger partial charge in [0.25, 0.3) is 0 Å². The summed E-state index contributed by atoms with van der Waals surface area (Å²) >= 11 is 0. The summed E-state index contributed by atoms with van der Waals surface area (Å²) in [5.74, 6) is -3.44. The summed E-state index contributed by atoms with van der Waals surface area (Å²) in [6, 6.07) is 23.6. The lowest BCUT2D eigenvalue weighted by molar-refractivity contribution is -0.147. The van der Waals surface area contributed by atoms with E-state index >= 15 is 0 Å². The Labute approximate surface area is 258 Å². The number of rotatable bonds is 8. The highest BCUT2D eigenvalue weighted by Gasteiger charge is 2.36. The minimum atomic E-state index is -0.755. The van der Waals surface area contributed by atoms with Crippen molar-refractivity contribution in [3.8, 4) is 11.5 Å². The molecule has 1 heterocycles. The predicted molar refractivity (Wildman–Crippen MR) is 160 cm³/mol. The van der Waals surface area contributed by atoms with Crippen molar-refractivity contribution in [2.45, 2.75) is 6.61 Å². The first-order valence-electron chi connectivity index (χ1n) is 14.3. The van der Waals surface area contributed by atoms with E-state index in [9.17, 15) is 24.0 Å². The Morgan fingerprint density at radius 3 is 1.91 bits per heavy atom. The van der Waals surface area contributed by atoms with Crippen molar-refractivity contribution in [2.75, 3.05) is 32.8 Å². The van der Waals surface area contributed by atoms with Gasteiger partial charge in [-0.25, -0.2) is 9.59 Å². The molecule has 4 aromatic rings. The Bertz CT molecular complexity index is 1800. The minimum absolute atomic E-state index is 0.0210. The third-order valence-electron chi connectivity index (χ3n) is 7.41. The minimum Gasteiger partial charge on any atom is -0.460 e. The Balaban J connectivity index is 1.34. The predicted octanol–water partition coefficient (Wildman–Crippen LogP) is 4.28. The zero-order chi connectivity index (χ0) is 31.3. The highest BCUT2D eigenvalue weighted by molar-refractivity contribution is 6.30. The molecule has 45 heavy (non-hydrogen) atoms. The van der Waals surface area contributed by atoms with Gasteiger partial charge in [0, 0.05) is 24.2 Å². The number of morpholine rings is 1. The Morgan fingerprint density at radius 1 is 0.667 bits per heavy atom. The second kappa shape index (κ2) is 13.0. The van der Waals surface area contributed by atoms with Gasteiger partial charge < -0.3 is 18.9 Å². The third-order valence-corrected chi connectivity index (χ3v) is 7.41. The van der Waals surface area contributed by atoms with Crippen LogP contribution in [-0.2, 0) is 20.9 Å². The molecule has 0 amide bonds. The number of carbonyl (C=O) groups excluding carboxylic acids is 5. The van der Waals surface area contributed by atoms with Crippen LogP contribution in [0.25, 0.3) is 0 Å². The number of esters is 3. The zero-order valence-electron chi connectivity index (χ0n) is 24.0. The normalized spacial score (nSPS) is 14.2. The first-order valence-corrected chi connectivity index (χ1v) is 14.3. The summed E-state index contributed by atoms with van der Waals surface area (Å²) in [5, 5.41) is 0. The summed E-state index contributed by atoms with van der Waals surface area (Å²) in [6.45, 7) is 2.10. The maximum atomic E-state index is 14.1. The summed E-state index contributed by atoms with van der Waals surface area (Å²) in [6.07, 6.45) is 0. The van der Waals surface area contributed by atoms with E-state index in [0.717, 1.165) is 0 Å². The molecule has 10 nitrogen and oxygen atoms in total. The monoisotopic (exact) mass is 605 g/mol. The number of ether oxygens (including phenoxy) is 4. The largest absolute Gasteiger partial charge is 0.460 e. The lowest BCUT2D eigenvalue weighted by Crippen LogP contribution is -2.40. The molecule has 0 N–H and O–H groups in total. The van der Waals surface area contributed by atoms with E-state index in [2.05, 4.69) is 0 Å². The second-order valence-corrected chi connectivity index (χ2v) is 10.4. The molecule has 0 saturated carbocycles. The van der Waals surface area contributed by atoms with Crippen LogP contribution in [-0.4, -0.2) is 67.2 Å². The molecule has 6 rings (SSSR count). The van der Waals surface area contributed by atoms with Crippen LogP contribution in [0.2, 0.25) is 0 Å². The van der Waals surface area contributed by atoms with Crippen molar-refractivity contribution in [3.63, 3.8) is 0 Å². The molecule has 10 heteroatoms. The lowest BCUT2D eigenvalue weighted by Gasteiger charge is -2.25. The fourth-order valence-electron chi connectivity index (χ4n) is 5.18. The third kappa shape index (κ3) is 6.42. The Kier molecular flexibility index (Phi) is 8.58. The molecule has 0 aromatic heterocycles. The van der Waals surface area contributed by atoms with E-state index in [1.807, 2.05) is 4.90 Å². The molecule has 4 aromatic carbocycles. The quantitative estimate of drug-likeness (QED) is 0.187. The van der Waals surface area contributed by atoms with Crippen molar-refractivity contribution >= 4 is 29.5 Å². The van der Waals surface area contributed by atoms with Gasteiger partial charge in [-0.15, -0.1) is 0 Å². The maximum absolute atomic E-state index is 14.1. The van der Waals surface area contributed by atoms with Gasteiger partial charge >= 0.3 is 17.9 Å². The van der Waals surface area contributed by atoms with Crippen LogP contribution in [0.5, 0.6) is 11.5 Å². The number of carbonyl (C=O) groups is 5. The number of ketones is 2. The highest BCUT2D eigenvalue weighted by Crippen LogP contribution is 2.39. The van der Waals surface area contributed by atoms with E-state index in [0.29, 0.717) is 31.9 Å². The fraction of sp³-hybridized carbons (Fsp3) is 0.171. The van der Waals surface area contributed by atoms with E-state index in [1.54, 1.807) is 60.7 Å². The molecule has 1 aliphatic carbocycles. The standard InChI is InChI=1S/C35H27NO9/c37-29(20-36-14-16-42-17-15-36)43-21-22-18-26-31(28(19-22)45-35(41)24-10-5-2-6-11-24)33(39)30-25(32(26)38)12-7-13-27(30)44-34(40)23-8-3-1-4-9-23/h1-13,18-19H,14-17,20-21H2. The van der Waals surface area contributed by atoms with Crippen molar-refractivity contribution in [2.24, 2.45) is 0 Å². The van der Waals surface area contributed by atoms with Crippen LogP contribution < -0.4 is 9.47 Å². The van der Waals surface area contributed by atoms with Crippen LogP contribution in [0.1, 0.15) is 58.1 Å². The summed E-state index contributed by atoms with van der Waals surface area (Å²) in [5.41, 5.74) is 0.529. The van der Waals surface area contributed by atoms with Gasteiger partial charge in [0.05, 0.1) is 42.0 Å². The maximum Gasteiger partial charge on any atom is 0.343 e. The van der Waals surface area contributed by atoms with Crippen molar-refractivity contribution in [1.29, 1.82) is 0 Å². The van der Waals surface area contributed by atoms with Gasteiger partial charge in [-0.1, -0.05) is 48.5 Å². The topological polar surface area (TPSA) is 126 Å². The molecule has 0 radical (unpaired) electrons. The molecular weight excluding hydrogens is 578 g/mol. The van der Waals surface area contributed by atoms with Crippen LogP contribution >= 0.6 is 0 Å². The van der Waals surface area contributed by atoms with Crippen molar-refractivity contribution in [3.05, 3.63) is 130 Å². The second-order valence-electron chi connectivity index (χ2n) is 10.4. The van der Waals surface area contributed by atoms with Gasteiger partial charge in [0.15, 0.2) is 5.78 Å². The van der Waals surface area contributed by atoms with Gasteiger partial charge in [0.1, 0.15) is 18.1 Å². The number of nitrogens with zero attached hydrogens (tertiary/aromatic N) is 1. The van der Waals surface area contributed by atoms with E-state index in [-0.39, 0.29) is 58.0 Å². The molecular formula is C35H27NO9. The number of hydrogen-bond donors (Lipinski definition) is 0. The molecule has 0 unspecified atom stereocenters. The highest BCUT2D eigenvalue weighted by atomic mass is 16.5. The smallest absolute Gasteiger partial charge is 0.343 e. The van der Waals surface area contributed by atoms with Crippen LogP contribution in [0.3, 0.4) is 0 Å². The summed E-state index contributed by atoms with van der Waals surface area (Å²) in [4.78, 5) is 68.4. The van der Waals surface area contributed by atoms with E-state index in [1.165, 1.54) is 30.3 Å². The molecule has 226 valence electrons. The molecule has 0 spiro atoms. The van der Waals surface area contributed by atoms with Gasteiger partial charge in [-0.05, 0) is 48.0 Å². The SMILES string of the molecule is O=C(CN1CCOCC1)OCc1cc(OC(=O)c2ccccc2)c2c(c1)C(=O)c1cccc(OC(=O)c3ccccc3)c1C2=O. The lowest BCUT2D eigenvalue weighted by atomic mass is 9.82. The average Bonchev–Trinajstić information content (AvgIpc) is 3.07. The van der Waals surface area contributed by atoms with Crippen molar-refractivity contribution < 1.29 is 42.9 Å². The summed E-state index contributed by atoms with van der Waals surface area (Å²) in [7, 11) is 0. The van der Waals surface area contributed by atoms with Crippen LogP contribution in [0.4, 0.5) is 0 Å². The van der Waals surface area contributed by atoms with Gasteiger partial charge in [-0.2, -0.15) is 0 Å². The van der Waals surface area contributed by atoms with Crippen LogP contribution in [0, 0.1) is 0 Å². The molecule has 0 bridgehead atoms. The summed E-state index contributed by atoms with van der Waals surface area (Å²) < 4.78 is 22.1. The van der Waals surface area contributed by atoms with E-state index < -0.39 is 29.5 Å². The number of hydrogen-bond acceptors (Lipinski definition) is 10. The molecule has 1 aliphatic heterocycles. The molecule has 1 saturated heterocycles. The van der Waals surface area contributed by atoms with Gasteiger partial charge in [0.2, 0.25) is 5.78 Å². The Morgan fingerprint density at radius 2 is 1.27 bits per heavy atom. The average molecular weight is 606 g/mol. The first-order chi connectivity index (χ1) is 21.9. The molecule has 0 atom stereocenters. The van der Waals surface area contributed by atoms with Crippen molar-refractivity contribution in [1.82, 2.24) is 4.90 Å². The van der Waals surface area contributed by atoms with Crippen LogP contribution in [0.15, 0.2) is 91.0 Å². The number of benzene rings is 4. The first kappa shape index (κ1) is 29.6. The molecule has 2 aliphatic rings. The Hall–Kier alpha value is -5.45. The molecule has 1 fully saturated rings.